The standard InChI is InChI=1S/C20H16FN3O5S2/c21-14-4-3-12(9-15(14)24(27)28)22-17(25)10-29-20(26)18-13-5-8-30-11-16(13)31-19(18)23-6-1-2-7-23/h1-4,6-7,9H,5,8,10-11H2,(H,22,25). The number of amides is 1. The number of nitrogens with zero attached hydrogens (tertiary/aromatic N) is 2. The molecular weight excluding hydrogens is 445 g/mol. The molecule has 0 fully saturated rings. The molecule has 0 aliphatic carbocycles. The van der Waals surface area contributed by atoms with Gasteiger partial charge in [-0.2, -0.15) is 16.2 Å². The third-order valence-electron chi connectivity index (χ3n) is 4.61. The number of thiophene rings is 1. The number of aromatic nitrogens is 1. The topological polar surface area (TPSA) is 103 Å². The second kappa shape index (κ2) is 8.90. The Morgan fingerprint density at radius 1 is 1.29 bits per heavy atom. The summed E-state index contributed by atoms with van der Waals surface area (Å²) in [4.78, 5) is 36.2. The zero-order valence-electron chi connectivity index (χ0n) is 16.0. The number of hydrogen-bond acceptors (Lipinski definition) is 7. The molecule has 0 bridgehead atoms. The number of nitro benzene ring substituents is 1. The number of hydrogen-bond donors (Lipinski definition) is 1. The van der Waals surface area contributed by atoms with Gasteiger partial charge in [0.25, 0.3) is 5.91 Å². The van der Waals surface area contributed by atoms with Crippen LogP contribution in [0, 0.1) is 15.9 Å². The highest BCUT2D eigenvalue weighted by Gasteiger charge is 2.28. The normalized spacial score (nSPS) is 12.8. The molecular formula is C20H16FN3O5S2. The maximum Gasteiger partial charge on any atom is 0.341 e. The van der Waals surface area contributed by atoms with Crippen LogP contribution in [0.5, 0.6) is 0 Å². The number of anilines is 1. The van der Waals surface area contributed by atoms with Crippen molar-refractivity contribution >= 4 is 46.3 Å². The van der Waals surface area contributed by atoms with Crippen LogP contribution in [0.25, 0.3) is 5.00 Å². The summed E-state index contributed by atoms with van der Waals surface area (Å²) in [5, 5.41) is 14.0. The lowest BCUT2D eigenvalue weighted by molar-refractivity contribution is -0.387. The first-order valence-electron chi connectivity index (χ1n) is 9.20. The fourth-order valence-corrected chi connectivity index (χ4v) is 5.65. The van der Waals surface area contributed by atoms with Gasteiger partial charge in [0.05, 0.1) is 10.5 Å². The maximum absolute atomic E-state index is 13.4. The highest BCUT2D eigenvalue weighted by Crippen LogP contribution is 2.38. The molecule has 0 spiro atoms. The van der Waals surface area contributed by atoms with E-state index in [0.717, 1.165) is 45.5 Å². The lowest BCUT2D eigenvalue weighted by Crippen LogP contribution is -2.22. The van der Waals surface area contributed by atoms with Crippen molar-refractivity contribution < 1.29 is 23.6 Å². The molecule has 0 saturated carbocycles. The Morgan fingerprint density at radius 3 is 2.81 bits per heavy atom. The van der Waals surface area contributed by atoms with Gasteiger partial charge in [0.15, 0.2) is 6.61 Å². The van der Waals surface area contributed by atoms with E-state index in [9.17, 15) is 24.1 Å². The first-order valence-corrected chi connectivity index (χ1v) is 11.2. The Hall–Kier alpha value is -3.18. The molecule has 160 valence electrons. The minimum atomic E-state index is -1.01. The first kappa shape index (κ1) is 21.1. The smallest absolute Gasteiger partial charge is 0.341 e. The summed E-state index contributed by atoms with van der Waals surface area (Å²) in [5.41, 5.74) is 0.690. The molecule has 11 heteroatoms. The summed E-state index contributed by atoms with van der Waals surface area (Å²) in [5.74, 6) is -0.568. The van der Waals surface area contributed by atoms with Crippen molar-refractivity contribution in [1.82, 2.24) is 4.57 Å². The quantitative estimate of drug-likeness (QED) is 0.336. The lowest BCUT2D eigenvalue weighted by atomic mass is 10.1. The molecule has 1 amide bonds. The van der Waals surface area contributed by atoms with Crippen molar-refractivity contribution in [2.24, 2.45) is 0 Å². The third kappa shape index (κ3) is 4.47. The molecule has 8 nitrogen and oxygen atoms in total. The molecule has 1 N–H and O–H groups in total. The number of benzene rings is 1. The summed E-state index contributed by atoms with van der Waals surface area (Å²) in [6, 6.07) is 6.71. The zero-order chi connectivity index (χ0) is 22.0. The van der Waals surface area contributed by atoms with E-state index in [4.69, 9.17) is 4.74 Å². The molecule has 0 unspecified atom stereocenters. The minimum Gasteiger partial charge on any atom is -0.452 e. The maximum atomic E-state index is 13.4. The first-order chi connectivity index (χ1) is 14.9. The van der Waals surface area contributed by atoms with Crippen molar-refractivity contribution in [3.8, 4) is 5.00 Å². The summed E-state index contributed by atoms with van der Waals surface area (Å²) in [7, 11) is 0. The Morgan fingerprint density at radius 2 is 2.06 bits per heavy atom. The Balaban J connectivity index is 1.48. The van der Waals surface area contributed by atoms with Crippen LogP contribution in [-0.4, -0.2) is 33.7 Å². The van der Waals surface area contributed by atoms with E-state index in [1.54, 1.807) is 11.8 Å². The average Bonchev–Trinajstić information content (AvgIpc) is 3.41. The second-order valence-corrected chi connectivity index (χ2v) is 8.81. The van der Waals surface area contributed by atoms with Crippen LogP contribution in [0.2, 0.25) is 0 Å². The van der Waals surface area contributed by atoms with Crippen LogP contribution in [-0.2, 0) is 21.7 Å². The molecule has 4 rings (SSSR count). The van der Waals surface area contributed by atoms with Crippen LogP contribution >= 0.6 is 23.1 Å². The monoisotopic (exact) mass is 461 g/mol. The molecule has 31 heavy (non-hydrogen) atoms. The number of rotatable bonds is 6. The fraction of sp³-hybridized carbons (Fsp3) is 0.200. The van der Waals surface area contributed by atoms with Gasteiger partial charge in [-0.15, -0.1) is 11.3 Å². The Bertz CT molecular complexity index is 1160. The molecule has 2 aromatic heterocycles. The van der Waals surface area contributed by atoms with E-state index in [0.29, 0.717) is 5.56 Å². The molecule has 1 aromatic carbocycles. The van der Waals surface area contributed by atoms with Gasteiger partial charge >= 0.3 is 11.7 Å². The van der Waals surface area contributed by atoms with Crippen molar-refractivity contribution in [1.29, 1.82) is 0 Å². The largest absolute Gasteiger partial charge is 0.452 e. The van der Waals surface area contributed by atoms with Gasteiger partial charge in [0, 0.05) is 34.8 Å². The Kier molecular flexibility index (Phi) is 6.05. The predicted octanol–water partition coefficient (Wildman–Crippen LogP) is 4.17. The second-order valence-electron chi connectivity index (χ2n) is 6.62. The molecule has 0 atom stereocenters. The molecule has 3 heterocycles. The van der Waals surface area contributed by atoms with Gasteiger partial charge in [-0.05, 0) is 42.0 Å². The van der Waals surface area contributed by atoms with E-state index in [1.165, 1.54) is 17.4 Å². The molecule has 1 aliphatic heterocycles. The predicted molar refractivity (Wildman–Crippen MR) is 115 cm³/mol. The number of esters is 1. The SMILES string of the molecule is O=C(COC(=O)c1c(-n2cccc2)sc2c1CCSC2)Nc1ccc(F)c([N+](=O)[O-])c1. The summed E-state index contributed by atoms with van der Waals surface area (Å²) >= 11 is 3.33. The molecule has 0 radical (unpaired) electrons. The number of carbonyl (C=O) groups excluding carboxylic acids is 2. The van der Waals surface area contributed by atoms with Gasteiger partial charge in [-0.25, -0.2) is 4.79 Å². The van der Waals surface area contributed by atoms with E-state index in [2.05, 4.69) is 5.32 Å². The minimum absolute atomic E-state index is 0.0344. The van der Waals surface area contributed by atoms with Crippen LogP contribution in [0.3, 0.4) is 0 Å². The number of nitro groups is 1. The summed E-state index contributed by atoms with van der Waals surface area (Å²) < 4.78 is 20.5. The van der Waals surface area contributed by atoms with Crippen molar-refractivity contribution in [2.75, 3.05) is 17.7 Å². The van der Waals surface area contributed by atoms with E-state index >= 15 is 0 Å². The van der Waals surface area contributed by atoms with E-state index < -0.39 is 34.9 Å². The highest BCUT2D eigenvalue weighted by molar-refractivity contribution is 7.98. The number of nitrogens with one attached hydrogen (secondary N) is 1. The number of thioether (sulfide) groups is 1. The van der Waals surface area contributed by atoms with E-state index in [1.807, 2.05) is 29.1 Å². The zero-order valence-corrected chi connectivity index (χ0v) is 17.6. The van der Waals surface area contributed by atoms with Crippen molar-refractivity contribution in [2.45, 2.75) is 12.2 Å². The van der Waals surface area contributed by atoms with Crippen LogP contribution < -0.4 is 5.32 Å². The van der Waals surface area contributed by atoms with Crippen molar-refractivity contribution in [3.05, 3.63) is 74.7 Å². The van der Waals surface area contributed by atoms with Gasteiger partial charge in [-0.1, -0.05) is 0 Å². The van der Waals surface area contributed by atoms with Crippen LogP contribution in [0.15, 0.2) is 42.7 Å². The van der Waals surface area contributed by atoms with Gasteiger partial charge in [0.1, 0.15) is 5.00 Å². The van der Waals surface area contributed by atoms with Crippen LogP contribution in [0.1, 0.15) is 20.8 Å². The number of ether oxygens (including phenoxy) is 1. The van der Waals surface area contributed by atoms with E-state index in [-0.39, 0.29) is 5.69 Å². The molecule has 1 aliphatic rings. The highest BCUT2D eigenvalue weighted by atomic mass is 32.2. The number of fused-ring (bicyclic) bond motifs is 1. The lowest BCUT2D eigenvalue weighted by Gasteiger charge is -2.13. The summed E-state index contributed by atoms with van der Waals surface area (Å²) in [6.07, 6.45) is 4.43. The van der Waals surface area contributed by atoms with Gasteiger partial charge < -0.3 is 14.6 Å². The fourth-order valence-electron chi connectivity index (χ4n) is 3.21. The molecule has 0 saturated heterocycles. The van der Waals surface area contributed by atoms with Gasteiger partial charge in [0.2, 0.25) is 5.82 Å². The number of carbonyl (C=O) groups is 2. The van der Waals surface area contributed by atoms with Crippen LogP contribution in [0.4, 0.5) is 15.8 Å². The summed E-state index contributed by atoms with van der Waals surface area (Å²) in [6.45, 7) is -0.575. The average molecular weight is 461 g/mol. The Labute approximate surface area is 184 Å². The molecule has 3 aromatic rings. The number of halogens is 1. The third-order valence-corrected chi connectivity index (χ3v) is 7.02. The van der Waals surface area contributed by atoms with Crippen molar-refractivity contribution in [3.63, 3.8) is 0 Å². The van der Waals surface area contributed by atoms with Gasteiger partial charge in [-0.3, -0.25) is 14.9 Å².